The van der Waals surface area contributed by atoms with E-state index in [9.17, 15) is 13.2 Å². The fourth-order valence-corrected chi connectivity index (χ4v) is 4.28. The van der Waals surface area contributed by atoms with Gasteiger partial charge >= 0.3 is 6.09 Å². The quantitative estimate of drug-likeness (QED) is 0.325. The highest BCUT2D eigenvalue weighted by molar-refractivity contribution is 14.0. The van der Waals surface area contributed by atoms with Crippen LogP contribution in [-0.2, 0) is 14.8 Å². The van der Waals surface area contributed by atoms with E-state index >= 15 is 0 Å². The number of halogens is 1. The fraction of sp³-hybridized carbons (Fsp3) is 0.875. The van der Waals surface area contributed by atoms with Gasteiger partial charge in [-0.3, -0.25) is 4.99 Å². The number of carbonyl (C=O) groups is 1. The largest absolute Gasteiger partial charge is 0.444 e. The number of nitrogens with zero attached hydrogens (tertiary/aromatic N) is 3. The fourth-order valence-electron chi connectivity index (χ4n) is 3.10. The molecule has 9 nitrogen and oxygen atoms in total. The van der Waals surface area contributed by atoms with Crippen LogP contribution in [0.1, 0.15) is 33.6 Å². The van der Waals surface area contributed by atoms with Gasteiger partial charge in [0.15, 0.2) is 5.96 Å². The van der Waals surface area contributed by atoms with Crippen LogP contribution in [0, 0.1) is 0 Å². The molecule has 0 spiro atoms. The summed E-state index contributed by atoms with van der Waals surface area (Å²) in [6.45, 7) is 7.71. The van der Waals surface area contributed by atoms with E-state index in [2.05, 4.69) is 15.6 Å². The summed E-state index contributed by atoms with van der Waals surface area (Å²) in [4.78, 5) is 17.8. The van der Waals surface area contributed by atoms with Gasteiger partial charge in [0.1, 0.15) is 5.60 Å². The van der Waals surface area contributed by atoms with E-state index in [1.807, 2.05) is 20.8 Å². The van der Waals surface area contributed by atoms with Crippen molar-refractivity contribution in [3.05, 3.63) is 0 Å². The average molecular weight is 517 g/mol. The van der Waals surface area contributed by atoms with Crippen LogP contribution in [0.25, 0.3) is 0 Å². The maximum atomic E-state index is 11.9. The topological polar surface area (TPSA) is 103 Å². The van der Waals surface area contributed by atoms with Crippen LogP contribution < -0.4 is 10.6 Å². The average Bonchev–Trinajstić information content (AvgIpc) is 2.91. The smallest absolute Gasteiger partial charge is 0.410 e. The molecule has 1 atom stereocenters. The molecule has 2 fully saturated rings. The number of nitrogens with one attached hydrogen (secondary N) is 2. The highest BCUT2D eigenvalue weighted by Gasteiger charge is 2.35. The molecule has 2 rings (SSSR count). The van der Waals surface area contributed by atoms with Crippen molar-refractivity contribution in [2.24, 2.45) is 4.99 Å². The van der Waals surface area contributed by atoms with Crippen molar-refractivity contribution >= 4 is 46.1 Å². The van der Waals surface area contributed by atoms with Crippen LogP contribution in [0.15, 0.2) is 4.99 Å². The van der Waals surface area contributed by atoms with E-state index in [-0.39, 0.29) is 42.2 Å². The normalized spacial score (nSPS) is 22.0. The molecule has 27 heavy (non-hydrogen) atoms. The van der Waals surface area contributed by atoms with Gasteiger partial charge < -0.3 is 20.3 Å². The van der Waals surface area contributed by atoms with Crippen molar-refractivity contribution in [3.8, 4) is 0 Å². The molecule has 2 saturated heterocycles. The summed E-state index contributed by atoms with van der Waals surface area (Å²) < 4.78 is 30.5. The van der Waals surface area contributed by atoms with E-state index in [4.69, 9.17) is 4.74 Å². The first kappa shape index (κ1) is 24.2. The maximum absolute atomic E-state index is 11.9. The van der Waals surface area contributed by atoms with Crippen molar-refractivity contribution < 1.29 is 17.9 Å². The molecule has 2 heterocycles. The van der Waals surface area contributed by atoms with Crippen molar-refractivity contribution in [1.82, 2.24) is 19.8 Å². The van der Waals surface area contributed by atoms with E-state index in [0.29, 0.717) is 32.1 Å². The molecule has 0 aromatic heterocycles. The van der Waals surface area contributed by atoms with Crippen LogP contribution in [0.3, 0.4) is 0 Å². The predicted octanol–water partition coefficient (Wildman–Crippen LogP) is 0.813. The molecule has 0 aromatic rings. The zero-order valence-electron chi connectivity index (χ0n) is 16.7. The zero-order valence-corrected chi connectivity index (χ0v) is 19.8. The Bertz CT molecular complexity index is 644. The standard InChI is InChI=1S/C16H31N5O4S.HI/c1-16(2,3)25-15(22)20-10-12(11-20)19-14(17-4)18-9-13-7-6-8-21(13)26(5,23)24;/h12-13H,6-11H2,1-5H3,(H2,17,18,19);1H/t13-;/m1./s1. The Kier molecular flexibility index (Phi) is 8.60. The van der Waals surface area contributed by atoms with Crippen molar-refractivity contribution in [3.63, 3.8) is 0 Å². The number of guanidine groups is 1. The number of sulfonamides is 1. The molecule has 2 aliphatic rings. The molecule has 0 bridgehead atoms. The molecular formula is C16H32IN5O4S. The second-order valence-electron chi connectivity index (χ2n) is 7.85. The number of hydrogen-bond acceptors (Lipinski definition) is 5. The lowest BCUT2D eigenvalue weighted by Gasteiger charge is -2.40. The van der Waals surface area contributed by atoms with Gasteiger partial charge in [-0.1, -0.05) is 0 Å². The second kappa shape index (κ2) is 9.59. The minimum absolute atomic E-state index is 0. The van der Waals surface area contributed by atoms with Gasteiger partial charge in [0.05, 0.1) is 12.3 Å². The SMILES string of the molecule is CN=C(NC[C@H]1CCCN1S(C)(=O)=O)NC1CN(C(=O)OC(C)(C)C)C1.I. The molecule has 0 unspecified atom stereocenters. The third-order valence-corrected chi connectivity index (χ3v) is 5.68. The zero-order chi connectivity index (χ0) is 19.5. The minimum Gasteiger partial charge on any atom is -0.444 e. The Balaban J connectivity index is 0.00000364. The van der Waals surface area contributed by atoms with Gasteiger partial charge in [0.25, 0.3) is 0 Å². The van der Waals surface area contributed by atoms with Crippen LogP contribution in [0.2, 0.25) is 0 Å². The highest BCUT2D eigenvalue weighted by atomic mass is 127. The Morgan fingerprint density at radius 3 is 2.44 bits per heavy atom. The lowest BCUT2D eigenvalue weighted by molar-refractivity contribution is 0.00701. The third kappa shape index (κ3) is 7.26. The number of rotatable bonds is 4. The number of hydrogen-bond donors (Lipinski definition) is 2. The first-order chi connectivity index (χ1) is 12.0. The molecule has 1 amide bonds. The molecule has 0 aliphatic carbocycles. The van der Waals surface area contributed by atoms with Gasteiger partial charge in [0, 0.05) is 39.3 Å². The van der Waals surface area contributed by atoms with Crippen LogP contribution in [-0.4, -0.2) is 86.8 Å². The number of carbonyl (C=O) groups excluding carboxylic acids is 1. The monoisotopic (exact) mass is 517 g/mol. The number of likely N-dealkylation sites (tertiary alicyclic amines) is 1. The van der Waals surface area contributed by atoms with Crippen molar-refractivity contribution in [2.45, 2.75) is 51.3 Å². The molecule has 2 aliphatic heterocycles. The summed E-state index contributed by atoms with van der Waals surface area (Å²) in [7, 11) is -1.51. The molecule has 158 valence electrons. The van der Waals surface area contributed by atoms with E-state index < -0.39 is 15.6 Å². The minimum atomic E-state index is -3.18. The molecule has 0 aromatic carbocycles. The summed E-state index contributed by atoms with van der Waals surface area (Å²) >= 11 is 0. The Morgan fingerprint density at radius 1 is 1.30 bits per heavy atom. The predicted molar refractivity (Wildman–Crippen MR) is 116 cm³/mol. The van der Waals surface area contributed by atoms with Gasteiger partial charge in [-0.15, -0.1) is 24.0 Å². The van der Waals surface area contributed by atoms with Gasteiger partial charge in [-0.05, 0) is 33.6 Å². The second-order valence-corrected chi connectivity index (χ2v) is 9.78. The molecule has 0 radical (unpaired) electrons. The highest BCUT2D eigenvalue weighted by Crippen LogP contribution is 2.19. The van der Waals surface area contributed by atoms with E-state index in [1.54, 1.807) is 16.3 Å². The van der Waals surface area contributed by atoms with Crippen LogP contribution in [0.4, 0.5) is 4.79 Å². The molecular weight excluding hydrogens is 485 g/mol. The number of aliphatic imine (C=N–C) groups is 1. The summed E-state index contributed by atoms with van der Waals surface area (Å²) in [5.41, 5.74) is -0.500. The summed E-state index contributed by atoms with van der Waals surface area (Å²) in [5, 5.41) is 6.44. The van der Waals surface area contributed by atoms with Crippen molar-refractivity contribution in [2.75, 3.05) is 39.5 Å². The van der Waals surface area contributed by atoms with E-state index in [1.165, 1.54) is 6.26 Å². The van der Waals surface area contributed by atoms with Gasteiger partial charge in [-0.25, -0.2) is 13.2 Å². The summed E-state index contributed by atoms with van der Waals surface area (Å²) in [5.74, 6) is 0.610. The van der Waals surface area contributed by atoms with Gasteiger partial charge in [0.2, 0.25) is 10.0 Å². The van der Waals surface area contributed by atoms with Crippen LogP contribution in [0.5, 0.6) is 0 Å². The number of ether oxygens (including phenoxy) is 1. The number of amides is 1. The van der Waals surface area contributed by atoms with Crippen LogP contribution >= 0.6 is 24.0 Å². The van der Waals surface area contributed by atoms with Gasteiger partial charge in [-0.2, -0.15) is 4.31 Å². The lowest BCUT2D eigenvalue weighted by atomic mass is 10.1. The summed E-state index contributed by atoms with van der Waals surface area (Å²) in [6.07, 6.45) is 2.65. The van der Waals surface area contributed by atoms with Crippen molar-refractivity contribution in [1.29, 1.82) is 0 Å². The maximum Gasteiger partial charge on any atom is 0.410 e. The summed E-state index contributed by atoms with van der Waals surface area (Å²) in [6, 6.07) is 0.0477. The molecule has 0 saturated carbocycles. The lowest BCUT2D eigenvalue weighted by Crippen LogP contribution is -2.63. The van der Waals surface area contributed by atoms with E-state index in [0.717, 1.165) is 12.8 Å². The Morgan fingerprint density at radius 2 is 1.93 bits per heavy atom. The first-order valence-electron chi connectivity index (χ1n) is 8.91. The molecule has 11 heteroatoms. The Hall–Kier alpha value is -0.820. The first-order valence-corrected chi connectivity index (χ1v) is 10.8. The molecule has 2 N–H and O–H groups in total. The Labute approximate surface area is 179 Å². The third-order valence-electron chi connectivity index (χ3n) is 4.35.